The van der Waals surface area contributed by atoms with Crippen LogP contribution in [0, 0.1) is 5.92 Å². The Kier molecular flexibility index (Phi) is 3.53. The minimum Gasteiger partial charge on any atom is -0.374 e. The zero-order valence-electron chi connectivity index (χ0n) is 8.71. The van der Waals surface area contributed by atoms with Gasteiger partial charge in [0.05, 0.1) is 12.2 Å². The molecule has 0 spiro atoms. The molecule has 0 aromatic rings. The summed E-state index contributed by atoms with van der Waals surface area (Å²) < 4.78 is 5.71. The van der Waals surface area contributed by atoms with Crippen LogP contribution in [0.5, 0.6) is 0 Å². The average molecular weight is 171 g/mol. The van der Waals surface area contributed by atoms with E-state index >= 15 is 0 Å². The topological polar surface area (TPSA) is 12.5 Å². The molecule has 72 valence electrons. The predicted octanol–water partition coefficient (Wildman–Crippen LogP) is 1.75. The van der Waals surface area contributed by atoms with Crippen LogP contribution in [-0.2, 0) is 4.74 Å². The highest BCUT2D eigenvalue weighted by atomic mass is 16.5. The second kappa shape index (κ2) is 4.24. The second-order valence-corrected chi connectivity index (χ2v) is 3.70. The Labute approximate surface area is 75.9 Å². The number of likely N-dealkylation sites (N-methyl/N-ethyl adjacent to an activating group) is 1. The number of likely N-dealkylation sites (tertiary alicyclic amines) is 1. The Morgan fingerprint density at radius 2 is 1.92 bits per heavy atom. The minimum absolute atomic E-state index is 0.517. The summed E-state index contributed by atoms with van der Waals surface area (Å²) in [4.78, 5) is 2.36. The molecular formula is C10H21NO. The van der Waals surface area contributed by atoms with Crippen molar-refractivity contribution in [1.29, 1.82) is 0 Å². The fourth-order valence-corrected chi connectivity index (χ4v) is 2.21. The molecule has 3 atom stereocenters. The van der Waals surface area contributed by atoms with Gasteiger partial charge in [0.15, 0.2) is 0 Å². The molecule has 0 bridgehead atoms. The van der Waals surface area contributed by atoms with Gasteiger partial charge in [-0.25, -0.2) is 0 Å². The molecule has 0 aliphatic carbocycles. The number of fused-ring (bicyclic) bond motifs is 1. The number of rotatable bonds is 0. The van der Waals surface area contributed by atoms with E-state index in [4.69, 9.17) is 4.74 Å². The molecule has 0 aromatic carbocycles. The molecule has 2 rings (SSSR count). The number of nitrogens with zero attached hydrogens (tertiary/aromatic N) is 1. The summed E-state index contributed by atoms with van der Waals surface area (Å²) in [6, 6.07) is 0. The van der Waals surface area contributed by atoms with Gasteiger partial charge in [0, 0.05) is 19.0 Å². The molecule has 2 nitrogen and oxygen atoms in total. The van der Waals surface area contributed by atoms with Crippen molar-refractivity contribution in [2.75, 3.05) is 20.1 Å². The fourth-order valence-electron chi connectivity index (χ4n) is 2.21. The molecule has 2 heterocycles. The van der Waals surface area contributed by atoms with Gasteiger partial charge in [-0.1, -0.05) is 13.8 Å². The summed E-state index contributed by atoms with van der Waals surface area (Å²) >= 11 is 0. The maximum absolute atomic E-state index is 5.71. The first-order valence-electron chi connectivity index (χ1n) is 5.09. The lowest BCUT2D eigenvalue weighted by Gasteiger charge is -2.10. The third kappa shape index (κ3) is 1.99. The first-order chi connectivity index (χ1) is 5.75. The molecule has 2 aliphatic rings. The third-order valence-corrected chi connectivity index (χ3v) is 2.61. The molecule has 12 heavy (non-hydrogen) atoms. The van der Waals surface area contributed by atoms with E-state index in [1.54, 1.807) is 0 Å². The number of hydrogen-bond acceptors (Lipinski definition) is 2. The van der Waals surface area contributed by atoms with Gasteiger partial charge < -0.3 is 9.64 Å². The first kappa shape index (κ1) is 10.0. The minimum atomic E-state index is 0.517. The number of ether oxygens (including phenoxy) is 1. The van der Waals surface area contributed by atoms with E-state index in [0.717, 1.165) is 12.5 Å². The van der Waals surface area contributed by atoms with Crippen LogP contribution in [0.1, 0.15) is 27.2 Å². The summed E-state index contributed by atoms with van der Waals surface area (Å²) in [5.41, 5.74) is 0. The van der Waals surface area contributed by atoms with Crippen LogP contribution in [0.3, 0.4) is 0 Å². The molecule has 2 heteroatoms. The Bertz CT molecular complexity index is 110. The van der Waals surface area contributed by atoms with Crippen LogP contribution in [0.4, 0.5) is 0 Å². The van der Waals surface area contributed by atoms with Gasteiger partial charge in [0.25, 0.3) is 0 Å². The van der Waals surface area contributed by atoms with Crippen LogP contribution in [0.2, 0.25) is 0 Å². The highest BCUT2D eigenvalue weighted by Gasteiger charge is 2.38. The molecule has 0 N–H and O–H groups in total. The monoisotopic (exact) mass is 171 g/mol. The van der Waals surface area contributed by atoms with Crippen LogP contribution in [0.25, 0.3) is 0 Å². The molecule has 2 aliphatic heterocycles. The average Bonchev–Trinajstić information content (AvgIpc) is 2.48. The lowest BCUT2D eigenvalue weighted by molar-refractivity contribution is 0.0507. The Hall–Kier alpha value is -0.0800. The second-order valence-electron chi connectivity index (χ2n) is 3.70. The Morgan fingerprint density at radius 3 is 2.50 bits per heavy atom. The van der Waals surface area contributed by atoms with E-state index < -0.39 is 0 Å². The van der Waals surface area contributed by atoms with E-state index in [0.29, 0.717) is 12.2 Å². The lowest BCUT2D eigenvalue weighted by atomic mass is 10.0. The van der Waals surface area contributed by atoms with Gasteiger partial charge in [-0.15, -0.1) is 0 Å². The van der Waals surface area contributed by atoms with E-state index in [1.165, 1.54) is 13.0 Å². The molecule has 0 aromatic heterocycles. The van der Waals surface area contributed by atoms with Gasteiger partial charge >= 0.3 is 0 Å². The maximum Gasteiger partial charge on any atom is 0.0746 e. The van der Waals surface area contributed by atoms with Gasteiger partial charge in [-0.05, 0) is 20.4 Å². The molecule has 0 radical (unpaired) electrons. The highest BCUT2D eigenvalue weighted by Crippen LogP contribution is 2.31. The quantitative estimate of drug-likeness (QED) is 0.550. The van der Waals surface area contributed by atoms with Crippen LogP contribution < -0.4 is 0 Å². The van der Waals surface area contributed by atoms with E-state index in [1.807, 2.05) is 13.8 Å². The third-order valence-electron chi connectivity index (χ3n) is 2.61. The zero-order valence-corrected chi connectivity index (χ0v) is 8.71. The van der Waals surface area contributed by atoms with E-state index in [9.17, 15) is 0 Å². The summed E-state index contributed by atoms with van der Waals surface area (Å²) in [6.07, 6.45) is 2.35. The van der Waals surface area contributed by atoms with Crippen LogP contribution >= 0.6 is 0 Å². The standard InChI is InChI=1S/C8H15NO.C2H6/c1-6-3-7-4-9(2)5-8(7)10-6;1-2/h6-8H,3-5H2,1-2H3;1-2H3. The zero-order chi connectivity index (χ0) is 9.14. The van der Waals surface area contributed by atoms with Crippen LogP contribution in [-0.4, -0.2) is 37.2 Å². The highest BCUT2D eigenvalue weighted by molar-refractivity contribution is 4.89. The van der Waals surface area contributed by atoms with Gasteiger partial charge in [0.1, 0.15) is 0 Å². The summed E-state index contributed by atoms with van der Waals surface area (Å²) in [5.74, 6) is 0.833. The Morgan fingerprint density at radius 1 is 1.25 bits per heavy atom. The molecule has 3 unspecified atom stereocenters. The summed E-state index contributed by atoms with van der Waals surface area (Å²) in [7, 11) is 2.17. The van der Waals surface area contributed by atoms with Crippen molar-refractivity contribution in [2.24, 2.45) is 5.92 Å². The number of hydrogen-bond donors (Lipinski definition) is 0. The predicted molar refractivity (Wildman–Crippen MR) is 51.3 cm³/mol. The van der Waals surface area contributed by atoms with Crippen molar-refractivity contribution >= 4 is 0 Å². The van der Waals surface area contributed by atoms with Gasteiger partial charge in [-0.3, -0.25) is 0 Å². The lowest BCUT2D eigenvalue weighted by Crippen LogP contribution is -2.19. The van der Waals surface area contributed by atoms with Crippen molar-refractivity contribution in [3.8, 4) is 0 Å². The molecule has 2 fully saturated rings. The van der Waals surface area contributed by atoms with Crippen LogP contribution in [0.15, 0.2) is 0 Å². The maximum atomic E-state index is 5.71. The van der Waals surface area contributed by atoms with Crippen molar-refractivity contribution in [3.63, 3.8) is 0 Å². The van der Waals surface area contributed by atoms with Crippen molar-refractivity contribution in [2.45, 2.75) is 39.4 Å². The molecule has 0 amide bonds. The molecule has 2 saturated heterocycles. The normalized spacial score (nSPS) is 40.5. The van der Waals surface area contributed by atoms with Crippen molar-refractivity contribution in [3.05, 3.63) is 0 Å². The summed E-state index contributed by atoms with van der Waals surface area (Å²) in [5, 5.41) is 0. The SMILES string of the molecule is CC.CC1CC2CN(C)CC2O1. The Balaban J connectivity index is 0.000000336. The largest absolute Gasteiger partial charge is 0.374 e. The summed E-state index contributed by atoms with van der Waals surface area (Å²) in [6.45, 7) is 8.57. The van der Waals surface area contributed by atoms with Gasteiger partial charge in [0.2, 0.25) is 0 Å². The van der Waals surface area contributed by atoms with E-state index in [2.05, 4.69) is 18.9 Å². The van der Waals surface area contributed by atoms with Crippen molar-refractivity contribution in [1.82, 2.24) is 4.90 Å². The molecule has 0 saturated carbocycles. The fraction of sp³-hybridized carbons (Fsp3) is 1.00. The first-order valence-corrected chi connectivity index (χ1v) is 5.09. The van der Waals surface area contributed by atoms with E-state index in [-0.39, 0.29) is 0 Å². The molecular weight excluding hydrogens is 150 g/mol. The van der Waals surface area contributed by atoms with Crippen molar-refractivity contribution < 1.29 is 4.74 Å². The smallest absolute Gasteiger partial charge is 0.0746 e. The van der Waals surface area contributed by atoms with Gasteiger partial charge in [-0.2, -0.15) is 0 Å².